The minimum atomic E-state index is -1.87. The van der Waals surface area contributed by atoms with Crippen molar-refractivity contribution in [3.63, 3.8) is 0 Å². The van der Waals surface area contributed by atoms with E-state index in [0.717, 1.165) is 24.1 Å². The van der Waals surface area contributed by atoms with Gasteiger partial charge in [-0.15, -0.1) is 0 Å². The van der Waals surface area contributed by atoms with E-state index in [0.29, 0.717) is 0 Å². The molecule has 0 N–H and O–H groups in total. The molecule has 1 atom stereocenters. The van der Waals surface area contributed by atoms with Gasteiger partial charge >= 0.3 is 0 Å². The summed E-state index contributed by atoms with van der Waals surface area (Å²) in [6.45, 7) is 7.80. The summed E-state index contributed by atoms with van der Waals surface area (Å²) in [5.41, 5.74) is 2.34. The van der Waals surface area contributed by atoms with Crippen LogP contribution < -0.4 is 0 Å². The molecule has 0 aromatic rings. The van der Waals surface area contributed by atoms with Gasteiger partial charge in [0.15, 0.2) is 0 Å². The van der Waals surface area contributed by atoms with E-state index < -0.39 is 7.14 Å². The SMILES string of the molecule is C=C(C)CP1(=O)CC=C(C)C1. The molecule has 0 bridgehead atoms. The van der Waals surface area contributed by atoms with E-state index in [-0.39, 0.29) is 0 Å². The second kappa shape index (κ2) is 2.98. The molecular formula is C9H15OP. The summed E-state index contributed by atoms with van der Waals surface area (Å²) < 4.78 is 11.9. The molecule has 0 aliphatic carbocycles. The molecule has 2 heteroatoms. The van der Waals surface area contributed by atoms with Gasteiger partial charge in [-0.05, 0) is 13.8 Å². The highest BCUT2D eigenvalue weighted by Crippen LogP contribution is 2.52. The number of hydrogen-bond acceptors (Lipinski definition) is 1. The summed E-state index contributed by atoms with van der Waals surface area (Å²) in [4.78, 5) is 0. The third kappa shape index (κ3) is 2.34. The largest absolute Gasteiger partial charge is 0.323 e. The summed E-state index contributed by atoms with van der Waals surface area (Å²) in [6.07, 6.45) is 4.45. The van der Waals surface area contributed by atoms with Crippen molar-refractivity contribution in [1.82, 2.24) is 0 Å². The highest BCUT2D eigenvalue weighted by atomic mass is 31.2. The maximum absolute atomic E-state index is 11.9. The monoisotopic (exact) mass is 170 g/mol. The van der Waals surface area contributed by atoms with Crippen molar-refractivity contribution in [2.75, 3.05) is 18.5 Å². The summed E-state index contributed by atoms with van der Waals surface area (Å²) in [5.74, 6) is 0. The van der Waals surface area contributed by atoms with Gasteiger partial charge in [0.1, 0.15) is 0 Å². The zero-order valence-corrected chi connectivity index (χ0v) is 8.16. The quantitative estimate of drug-likeness (QED) is 0.460. The molecule has 0 aromatic carbocycles. The molecular weight excluding hydrogens is 155 g/mol. The number of hydrogen-bond donors (Lipinski definition) is 0. The number of allylic oxidation sites excluding steroid dienone is 3. The Bertz CT molecular complexity index is 250. The Labute approximate surface area is 68.6 Å². The van der Waals surface area contributed by atoms with Crippen LogP contribution in [-0.2, 0) is 4.57 Å². The van der Waals surface area contributed by atoms with E-state index in [1.807, 2.05) is 6.92 Å². The third-order valence-electron chi connectivity index (χ3n) is 1.87. The first kappa shape index (κ1) is 8.80. The highest BCUT2D eigenvalue weighted by molar-refractivity contribution is 7.64. The molecule has 0 saturated carbocycles. The van der Waals surface area contributed by atoms with Crippen molar-refractivity contribution in [3.8, 4) is 0 Å². The molecule has 11 heavy (non-hydrogen) atoms. The maximum Gasteiger partial charge on any atom is 0.0989 e. The average molecular weight is 170 g/mol. The van der Waals surface area contributed by atoms with E-state index in [9.17, 15) is 4.57 Å². The topological polar surface area (TPSA) is 17.1 Å². The maximum atomic E-state index is 11.9. The Hall–Kier alpha value is -0.290. The predicted molar refractivity (Wildman–Crippen MR) is 50.8 cm³/mol. The van der Waals surface area contributed by atoms with Crippen LogP contribution >= 0.6 is 7.14 Å². The fourth-order valence-corrected chi connectivity index (χ4v) is 4.55. The van der Waals surface area contributed by atoms with Crippen LogP contribution in [-0.4, -0.2) is 18.5 Å². The van der Waals surface area contributed by atoms with E-state index in [4.69, 9.17) is 0 Å². The molecule has 0 amide bonds. The fourth-order valence-electron chi connectivity index (χ4n) is 1.52. The molecule has 1 heterocycles. The molecule has 1 aliphatic rings. The lowest BCUT2D eigenvalue weighted by Gasteiger charge is -2.10. The predicted octanol–water partition coefficient (Wildman–Crippen LogP) is 2.89. The van der Waals surface area contributed by atoms with Gasteiger partial charge in [0.25, 0.3) is 0 Å². The molecule has 1 rings (SSSR count). The zero-order valence-electron chi connectivity index (χ0n) is 7.26. The van der Waals surface area contributed by atoms with E-state index in [2.05, 4.69) is 19.6 Å². The Kier molecular flexibility index (Phi) is 2.39. The molecule has 1 nitrogen and oxygen atoms in total. The van der Waals surface area contributed by atoms with Crippen LogP contribution in [0, 0.1) is 0 Å². The minimum Gasteiger partial charge on any atom is -0.323 e. The zero-order chi connectivity index (χ0) is 8.48. The normalized spacial score (nSPS) is 30.2. The molecule has 1 aliphatic heterocycles. The second-order valence-corrected chi connectivity index (χ2v) is 6.68. The third-order valence-corrected chi connectivity index (χ3v) is 4.91. The van der Waals surface area contributed by atoms with Gasteiger partial charge in [-0.2, -0.15) is 0 Å². The van der Waals surface area contributed by atoms with Crippen LogP contribution in [0.3, 0.4) is 0 Å². The molecule has 0 radical (unpaired) electrons. The lowest BCUT2D eigenvalue weighted by Crippen LogP contribution is -1.93. The van der Waals surface area contributed by atoms with Gasteiger partial charge in [-0.3, -0.25) is 0 Å². The lowest BCUT2D eigenvalue weighted by molar-refractivity contribution is 0.580. The highest BCUT2D eigenvalue weighted by Gasteiger charge is 2.25. The smallest absolute Gasteiger partial charge is 0.0989 e. The van der Waals surface area contributed by atoms with Crippen LogP contribution in [0.25, 0.3) is 0 Å². The van der Waals surface area contributed by atoms with Gasteiger partial charge < -0.3 is 4.57 Å². The first-order valence-corrected chi connectivity index (χ1v) is 6.15. The van der Waals surface area contributed by atoms with Gasteiger partial charge in [-0.1, -0.05) is 23.8 Å². The van der Waals surface area contributed by atoms with Crippen molar-refractivity contribution in [1.29, 1.82) is 0 Å². The van der Waals surface area contributed by atoms with Crippen molar-refractivity contribution in [2.45, 2.75) is 13.8 Å². The Morgan fingerprint density at radius 2 is 2.45 bits per heavy atom. The van der Waals surface area contributed by atoms with Crippen LogP contribution in [0.4, 0.5) is 0 Å². The van der Waals surface area contributed by atoms with Gasteiger partial charge in [0.05, 0.1) is 7.14 Å². The Balaban J connectivity index is 2.60. The summed E-state index contributed by atoms with van der Waals surface area (Å²) in [5, 5.41) is 0. The van der Waals surface area contributed by atoms with Crippen molar-refractivity contribution in [3.05, 3.63) is 23.8 Å². The van der Waals surface area contributed by atoms with Gasteiger partial charge in [0.2, 0.25) is 0 Å². The molecule has 0 spiro atoms. The fraction of sp³-hybridized carbons (Fsp3) is 0.556. The Morgan fingerprint density at radius 3 is 2.82 bits per heavy atom. The lowest BCUT2D eigenvalue weighted by atomic mass is 10.3. The van der Waals surface area contributed by atoms with Crippen molar-refractivity contribution in [2.24, 2.45) is 0 Å². The minimum absolute atomic E-state index is 0.737. The van der Waals surface area contributed by atoms with Crippen LogP contribution in [0.2, 0.25) is 0 Å². The van der Waals surface area contributed by atoms with E-state index >= 15 is 0 Å². The van der Waals surface area contributed by atoms with Gasteiger partial charge in [-0.25, -0.2) is 0 Å². The van der Waals surface area contributed by atoms with Crippen molar-refractivity contribution >= 4 is 7.14 Å². The van der Waals surface area contributed by atoms with Crippen molar-refractivity contribution < 1.29 is 4.57 Å². The number of rotatable bonds is 2. The molecule has 0 fully saturated rings. The van der Waals surface area contributed by atoms with Crippen LogP contribution in [0.1, 0.15) is 13.8 Å². The van der Waals surface area contributed by atoms with Crippen LogP contribution in [0.5, 0.6) is 0 Å². The average Bonchev–Trinajstić information content (AvgIpc) is 2.08. The molecule has 0 aromatic heterocycles. The Morgan fingerprint density at radius 1 is 1.82 bits per heavy atom. The molecule has 1 unspecified atom stereocenters. The molecule has 0 saturated heterocycles. The summed E-state index contributed by atoms with van der Waals surface area (Å²) in [6, 6.07) is 0. The first-order chi connectivity index (χ1) is 5.02. The second-order valence-electron chi connectivity index (χ2n) is 3.56. The first-order valence-electron chi connectivity index (χ1n) is 3.89. The standard InChI is InChI=1S/C9H15OP/c1-8(2)6-11(10)5-4-9(3)7-11/h4H,1,5-7H2,2-3H3. The van der Waals surface area contributed by atoms with E-state index in [1.54, 1.807) is 0 Å². The summed E-state index contributed by atoms with van der Waals surface area (Å²) in [7, 11) is -1.87. The summed E-state index contributed by atoms with van der Waals surface area (Å²) >= 11 is 0. The van der Waals surface area contributed by atoms with Crippen LogP contribution in [0.15, 0.2) is 23.8 Å². The van der Waals surface area contributed by atoms with Gasteiger partial charge in [0, 0.05) is 18.5 Å². The van der Waals surface area contributed by atoms with E-state index in [1.165, 1.54) is 5.57 Å². The molecule has 62 valence electrons.